The molecule has 17 heavy (non-hydrogen) atoms. The van der Waals surface area contributed by atoms with Crippen LogP contribution in [0.3, 0.4) is 0 Å². The summed E-state index contributed by atoms with van der Waals surface area (Å²) >= 11 is 5.77. The van der Waals surface area contributed by atoms with E-state index >= 15 is 0 Å². The van der Waals surface area contributed by atoms with Gasteiger partial charge in [-0.05, 0) is 11.6 Å². The average Bonchev–Trinajstić information content (AvgIpc) is 2.72. The van der Waals surface area contributed by atoms with Crippen LogP contribution < -0.4 is 5.32 Å². The van der Waals surface area contributed by atoms with Crippen molar-refractivity contribution in [3.05, 3.63) is 34.3 Å². The summed E-state index contributed by atoms with van der Waals surface area (Å²) in [6.07, 6.45) is -4.11. The predicted molar refractivity (Wildman–Crippen MR) is 60.5 cm³/mol. The number of aliphatic imine (C=N–C) groups is 1. The summed E-state index contributed by atoms with van der Waals surface area (Å²) in [7, 11) is 0. The smallest absolute Gasteiger partial charge is 0.372 e. The Kier molecular flexibility index (Phi) is 3.28. The SMILES string of the molecule is FC(F)(F)c1cccc(CC2=NCCN2)c1Cl. The van der Waals surface area contributed by atoms with E-state index in [2.05, 4.69) is 10.3 Å². The molecule has 0 amide bonds. The summed E-state index contributed by atoms with van der Waals surface area (Å²) in [4.78, 5) is 4.13. The van der Waals surface area contributed by atoms with E-state index in [4.69, 9.17) is 11.6 Å². The van der Waals surface area contributed by atoms with Crippen molar-refractivity contribution in [2.45, 2.75) is 12.6 Å². The Bertz CT molecular complexity index is 455. The molecule has 1 heterocycles. The minimum absolute atomic E-state index is 0.239. The molecule has 0 radical (unpaired) electrons. The first-order valence-electron chi connectivity index (χ1n) is 5.10. The molecule has 6 heteroatoms. The fraction of sp³-hybridized carbons (Fsp3) is 0.364. The van der Waals surface area contributed by atoms with E-state index in [0.29, 0.717) is 24.4 Å². The number of nitrogens with one attached hydrogen (secondary N) is 1. The van der Waals surface area contributed by atoms with Gasteiger partial charge < -0.3 is 5.32 Å². The van der Waals surface area contributed by atoms with Gasteiger partial charge in [0.25, 0.3) is 0 Å². The van der Waals surface area contributed by atoms with Crippen LogP contribution in [0.5, 0.6) is 0 Å². The minimum Gasteiger partial charge on any atom is -0.372 e. The average molecular weight is 263 g/mol. The maximum Gasteiger partial charge on any atom is 0.417 e. The lowest BCUT2D eigenvalue weighted by Crippen LogP contribution is -2.21. The van der Waals surface area contributed by atoms with E-state index in [9.17, 15) is 13.2 Å². The van der Waals surface area contributed by atoms with Crippen molar-refractivity contribution in [1.82, 2.24) is 5.32 Å². The third-order valence-corrected chi connectivity index (χ3v) is 2.93. The fourth-order valence-electron chi connectivity index (χ4n) is 1.68. The molecule has 2 nitrogen and oxygen atoms in total. The predicted octanol–water partition coefficient (Wildman–Crippen LogP) is 2.90. The van der Waals surface area contributed by atoms with Crippen molar-refractivity contribution in [3.63, 3.8) is 0 Å². The summed E-state index contributed by atoms with van der Waals surface area (Å²) in [6, 6.07) is 3.93. The van der Waals surface area contributed by atoms with E-state index in [1.54, 1.807) is 6.07 Å². The molecule has 0 fully saturated rings. The maximum absolute atomic E-state index is 12.6. The Morgan fingerprint density at radius 2 is 2.12 bits per heavy atom. The molecule has 1 aliphatic heterocycles. The highest BCUT2D eigenvalue weighted by Gasteiger charge is 2.33. The summed E-state index contributed by atoms with van der Waals surface area (Å²) in [5.74, 6) is 0.686. The molecule has 1 aliphatic rings. The van der Waals surface area contributed by atoms with Crippen molar-refractivity contribution in [2.75, 3.05) is 13.1 Å². The lowest BCUT2D eigenvalue weighted by Gasteiger charge is -2.12. The Morgan fingerprint density at radius 1 is 1.35 bits per heavy atom. The Hall–Kier alpha value is -1.23. The van der Waals surface area contributed by atoms with Crippen LogP contribution in [-0.4, -0.2) is 18.9 Å². The van der Waals surface area contributed by atoms with Crippen LogP contribution in [0.15, 0.2) is 23.2 Å². The van der Waals surface area contributed by atoms with Gasteiger partial charge in [0.1, 0.15) is 5.84 Å². The first-order chi connectivity index (χ1) is 7.98. The van der Waals surface area contributed by atoms with Crippen molar-refractivity contribution >= 4 is 17.4 Å². The third-order valence-electron chi connectivity index (χ3n) is 2.49. The molecule has 0 saturated carbocycles. The largest absolute Gasteiger partial charge is 0.417 e. The monoisotopic (exact) mass is 262 g/mol. The molecule has 0 saturated heterocycles. The van der Waals surface area contributed by atoms with Gasteiger partial charge >= 0.3 is 6.18 Å². The Morgan fingerprint density at radius 3 is 2.71 bits per heavy atom. The van der Waals surface area contributed by atoms with E-state index in [1.165, 1.54) is 6.07 Å². The topological polar surface area (TPSA) is 24.4 Å². The summed E-state index contributed by atoms with van der Waals surface area (Å²) in [5.41, 5.74) is -0.357. The lowest BCUT2D eigenvalue weighted by molar-refractivity contribution is -0.137. The molecule has 0 spiro atoms. The van der Waals surface area contributed by atoms with Crippen molar-refractivity contribution in [2.24, 2.45) is 4.99 Å². The normalized spacial score (nSPS) is 15.6. The number of hydrogen-bond donors (Lipinski definition) is 1. The van der Waals surface area contributed by atoms with Crippen molar-refractivity contribution in [1.29, 1.82) is 0 Å². The van der Waals surface area contributed by atoms with Crippen LogP contribution >= 0.6 is 11.6 Å². The van der Waals surface area contributed by atoms with Gasteiger partial charge in [-0.1, -0.05) is 23.7 Å². The summed E-state index contributed by atoms with van der Waals surface area (Å²) < 4.78 is 37.8. The van der Waals surface area contributed by atoms with E-state index in [-0.39, 0.29) is 5.02 Å². The lowest BCUT2D eigenvalue weighted by atomic mass is 10.1. The van der Waals surface area contributed by atoms with Gasteiger partial charge in [-0.15, -0.1) is 0 Å². The number of halogens is 4. The minimum atomic E-state index is -4.42. The first-order valence-corrected chi connectivity index (χ1v) is 5.48. The second kappa shape index (κ2) is 4.56. The standard InChI is InChI=1S/C11H10ClF3N2/c12-10-7(6-9-16-4-5-17-9)2-1-3-8(10)11(13,14)15/h1-3H,4-6H2,(H,16,17). The fourth-order valence-corrected chi connectivity index (χ4v) is 1.98. The van der Waals surface area contributed by atoms with E-state index in [1.807, 2.05) is 0 Å². The number of hydrogen-bond acceptors (Lipinski definition) is 2. The van der Waals surface area contributed by atoms with Gasteiger partial charge in [-0.2, -0.15) is 13.2 Å². The van der Waals surface area contributed by atoms with Crippen molar-refractivity contribution < 1.29 is 13.2 Å². The van der Waals surface area contributed by atoms with Gasteiger partial charge in [-0.3, -0.25) is 4.99 Å². The maximum atomic E-state index is 12.6. The van der Waals surface area contributed by atoms with E-state index < -0.39 is 11.7 Å². The van der Waals surface area contributed by atoms with Gasteiger partial charge in [0.2, 0.25) is 0 Å². The molecule has 2 rings (SSSR count). The molecule has 1 aromatic carbocycles. The van der Waals surface area contributed by atoms with Gasteiger partial charge in [-0.25, -0.2) is 0 Å². The third kappa shape index (κ3) is 2.72. The molecular formula is C11H10ClF3N2. The number of amidine groups is 1. The van der Waals surface area contributed by atoms with Gasteiger partial charge in [0.15, 0.2) is 0 Å². The summed E-state index contributed by atoms with van der Waals surface area (Å²) in [5, 5.41) is 2.76. The van der Waals surface area contributed by atoms with Crippen LogP contribution in [0.2, 0.25) is 5.02 Å². The van der Waals surface area contributed by atoms with Crippen LogP contribution in [0.4, 0.5) is 13.2 Å². The number of benzene rings is 1. The van der Waals surface area contributed by atoms with Crippen LogP contribution in [-0.2, 0) is 12.6 Å². The molecule has 1 N–H and O–H groups in total. The molecule has 0 bridgehead atoms. The molecule has 1 aromatic rings. The van der Waals surface area contributed by atoms with Gasteiger partial charge in [0, 0.05) is 13.0 Å². The van der Waals surface area contributed by atoms with Crippen LogP contribution in [0, 0.1) is 0 Å². The number of nitrogens with zero attached hydrogens (tertiary/aromatic N) is 1. The zero-order chi connectivity index (χ0) is 12.5. The number of rotatable bonds is 2. The van der Waals surface area contributed by atoms with Crippen LogP contribution in [0.1, 0.15) is 11.1 Å². The molecule has 0 aliphatic carbocycles. The molecule has 0 unspecified atom stereocenters. The second-order valence-electron chi connectivity index (χ2n) is 3.71. The molecule has 0 aromatic heterocycles. The first kappa shape index (κ1) is 12.2. The van der Waals surface area contributed by atoms with Gasteiger partial charge in [0.05, 0.1) is 17.1 Å². The molecule has 0 atom stereocenters. The highest BCUT2D eigenvalue weighted by molar-refractivity contribution is 6.32. The molecular weight excluding hydrogens is 253 g/mol. The quantitative estimate of drug-likeness (QED) is 0.871. The highest BCUT2D eigenvalue weighted by atomic mass is 35.5. The zero-order valence-electron chi connectivity index (χ0n) is 8.81. The molecule has 92 valence electrons. The zero-order valence-corrected chi connectivity index (χ0v) is 9.57. The Labute approximate surface area is 101 Å². The van der Waals surface area contributed by atoms with Crippen LogP contribution in [0.25, 0.3) is 0 Å². The van der Waals surface area contributed by atoms with E-state index in [0.717, 1.165) is 12.6 Å². The summed E-state index contributed by atoms with van der Waals surface area (Å²) in [6.45, 7) is 1.39. The highest BCUT2D eigenvalue weighted by Crippen LogP contribution is 2.36. The number of alkyl halides is 3. The second-order valence-corrected chi connectivity index (χ2v) is 4.09. The van der Waals surface area contributed by atoms with Crippen molar-refractivity contribution in [3.8, 4) is 0 Å². The Balaban J connectivity index is 2.29.